The van der Waals surface area contributed by atoms with Crippen LogP contribution in [0.5, 0.6) is 5.75 Å². The van der Waals surface area contributed by atoms with E-state index in [2.05, 4.69) is 15.6 Å². The molecular formula is C21H18FN3O4S2. The number of esters is 1. The minimum absolute atomic E-state index is 0.173. The van der Waals surface area contributed by atoms with Crippen molar-refractivity contribution in [2.75, 3.05) is 16.4 Å². The number of rotatable bonds is 8. The number of nitrogens with zero attached hydrogens (tertiary/aromatic N) is 1. The fourth-order valence-corrected chi connectivity index (χ4v) is 4.00. The Morgan fingerprint density at radius 2 is 1.84 bits per heavy atom. The molecule has 0 fully saturated rings. The van der Waals surface area contributed by atoms with Gasteiger partial charge in [0, 0.05) is 23.7 Å². The molecule has 31 heavy (non-hydrogen) atoms. The number of anilines is 2. The molecule has 0 saturated carbocycles. The van der Waals surface area contributed by atoms with Gasteiger partial charge in [0.1, 0.15) is 11.6 Å². The molecule has 0 saturated heterocycles. The van der Waals surface area contributed by atoms with Gasteiger partial charge in [-0.05, 0) is 36.4 Å². The molecule has 0 radical (unpaired) electrons. The second-order valence-electron chi connectivity index (χ2n) is 6.24. The van der Waals surface area contributed by atoms with Gasteiger partial charge >= 0.3 is 5.97 Å². The Kier molecular flexibility index (Phi) is 7.74. The van der Waals surface area contributed by atoms with Crippen LogP contribution in [0.4, 0.5) is 15.2 Å². The lowest BCUT2D eigenvalue weighted by Gasteiger charge is -2.07. The molecule has 1 aromatic heterocycles. The molecule has 10 heteroatoms. The highest BCUT2D eigenvalue weighted by Crippen LogP contribution is 2.23. The van der Waals surface area contributed by atoms with Crippen molar-refractivity contribution in [3.05, 3.63) is 71.0 Å². The molecule has 7 nitrogen and oxygen atoms in total. The Hall–Kier alpha value is -3.24. The van der Waals surface area contributed by atoms with Crippen molar-refractivity contribution in [1.82, 2.24) is 4.98 Å². The Morgan fingerprint density at radius 1 is 1.10 bits per heavy atom. The van der Waals surface area contributed by atoms with Crippen molar-refractivity contribution in [2.45, 2.75) is 12.7 Å². The van der Waals surface area contributed by atoms with E-state index in [1.807, 2.05) is 0 Å². The molecule has 0 aliphatic rings. The van der Waals surface area contributed by atoms with Gasteiger partial charge in [-0.1, -0.05) is 12.1 Å². The first kappa shape index (κ1) is 22.4. The van der Waals surface area contributed by atoms with Gasteiger partial charge < -0.3 is 10.1 Å². The van der Waals surface area contributed by atoms with Crippen LogP contribution in [0, 0.1) is 5.82 Å². The Labute approximate surface area is 186 Å². The Balaban J connectivity index is 1.49. The van der Waals surface area contributed by atoms with E-state index in [9.17, 15) is 18.8 Å². The van der Waals surface area contributed by atoms with E-state index in [0.29, 0.717) is 22.3 Å². The van der Waals surface area contributed by atoms with Crippen LogP contribution in [0.2, 0.25) is 0 Å². The van der Waals surface area contributed by atoms with Crippen LogP contribution < -0.4 is 15.4 Å². The van der Waals surface area contributed by atoms with Crippen molar-refractivity contribution in [2.24, 2.45) is 0 Å². The quantitative estimate of drug-likeness (QED) is 0.384. The van der Waals surface area contributed by atoms with Gasteiger partial charge in [-0.2, -0.15) is 0 Å². The fourth-order valence-electron chi connectivity index (χ4n) is 2.47. The smallest absolute Gasteiger partial charge is 0.308 e. The number of hydrogen-bond donors (Lipinski definition) is 2. The third-order valence-corrected chi connectivity index (χ3v) is 5.54. The van der Waals surface area contributed by atoms with Crippen LogP contribution in [0.15, 0.2) is 53.9 Å². The number of amides is 2. The van der Waals surface area contributed by atoms with E-state index in [1.54, 1.807) is 23.6 Å². The second-order valence-corrected chi connectivity index (χ2v) is 8.08. The molecule has 2 amide bonds. The van der Waals surface area contributed by atoms with E-state index in [0.717, 1.165) is 0 Å². The average Bonchev–Trinajstić information content (AvgIpc) is 3.16. The van der Waals surface area contributed by atoms with Crippen molar-refractivity contribution < 1.29 is 23.5 Å². The van der Waals surface area contributed by atoms with Crippen LogP contribution >= 0.6 is 23.1 Å². The number of thiazole rings is 1. The molecule has 2 aromatic carbocycles. The topological polar surface area (TPSA) is 97.4 Å². The highest BCUT2D eigenvalue weighted by Gasteiger charge is 2.15. The standard InChI is InChI=1S/C21H18FN3O4S2/c1-13(26)29-18-5-3-2-4-17(18)20(28)25-21-24-16(11-31-21)10-30-12-19(27)23-15-8-6-14(22)7-9-15/h2-9,11H,10,12H2,1H3,(H,23,27)(H,24,25,28). The lowest BCUT2D eigenvalue weighted by Crippen LogP contribution is -2.15. The van der Waals surface area contributed by atoms with Gasteiger partial charge in [-0.3, -0.25) is 19.7 Å². The van der Waals surface area contributed by atoms with E-state index in [-0.39, 0.29) is 28.8 Å². The molecule has 3 rings (SSSR count). The second kappa shape index (κ2) is 10.7. The summed E-state index contributed by atoms with van der Waals surface area (Å²) in [5, 5.41) is 7.56. The first-order chi connectivity index (χ1) is 14.9. The van der Waals surface area contributed by atoms with Crippen LogP contribution in [0.25, 0.3) is 0 Å². The van der Waals surface area contributed by atoms with Crippen molar-refractivity contribution in [3.63, 3.8) is 0 Å². The molecule has 3 aromatic rings. The summed E-state index contributed by atoms with van der Waals surface area (Å²) in [5.41, 5.74) is 1.47. The molecule has 0 unspecified atom stereocenters. The van der Waals surface area contributed by atoms with E-state index >= 15 is 0 Å². The van der Waals surface area contributed by atoms with Gasteiger partial charge in [0.2, 0.25) is 5.91 Å². The number of hydrogen-bond acceptors (Lipinski definition) is 7. The zero-order chi connectivity index (χ0) is 22.2. The number of carbonyl (C=O) groups excluding carboxylic acids is 3. The minimum Gasteiger partial charge on any atom is -0.426 e. The third kappa shape index (κ3) is 6.90. The minimum atomic E-state index is -0.516. The number of ether oxygens (including phenoxy) is 1. The normalized spacial score (nSPS) is 10.4. The lowest BCUT2D eigenvalue weighted by molar-refractivity contribution is -0.131. The predicted octanol–water partition coefficient (Wildman–Crippen LogP) is 4.33. The molecule has 2 N–H and O–H groups in total. The largest absolute Gasteiger partial charge is 0.426 e. The summed E-state index contributed by atoms with van der Waals surface area (Å²) in [6.07, 6.45) is 0. The van der Waals surface area contributed by atoms with Crippen LogP contribution in [0.1, 0.15) is 23.0 Å². The first-order valence-electron chi connectivity index (χ1n) is 9.07. The average molecular weight is 460 g/mol. The number of nitrogens with one attached hydrogen (secondary N) is 2. The molecular weight excluding hydrogens is 441 g/mol. The summed E-state index contributed by atoms with van der Waals surface area (Å²) < 4.78 is 17.9. The lowest BCUT2D eigenvalue weighted by atomic mass is 10.2. The number of para-hydroxylation sites is 1. The number of aromatic nitrogens is 1. The highest BCUT2D eigenvalue weighted by molar-refractivity contribution is 7.99. The Bertz CT molecular complexity index is 1090. The highest BCUT2D eigenvalue weighted by atomic mass is 32.2. The summed E-state index contributed by atoms with van der Waals surface area (Å²) in [7, 11) is 0. The van der Waals surface area contributed by atoms with E-state index in [1.165, 1.54) is 60.4 Å². The van der Waals surface area contributed by atoms with E-state index < -0.39 is 11.9 Å². The maximum absolute atomic E-state index is 12.9. The molecule has 0 bridgehead atoms. The summed E-state index contributed by atoms with van der Waals surface area (Å²) in [6, 6.07) is 12.0. The molecule has 160 valence electrons. The maximum Gasteiger partial charge on any atom is 0.308 e. The summed E-state index contributed by atoms with van der Waals surface area (Å²) >= 11 is 2.62. The van der Waals surface area contributed by atoms with Gasteiger partial charge in [0.25, 0.3) is 5.91 Å². The van der Waals surface area contributed by atoms with Crippen LogP contribution in [-0.2, 0) is 15.3 Å². The molecule has 1 heterocycles. The predicted molar refractivity (Wildman–Crippen MR) is 119 cm³/mol. The van der Waals surface area contributed by atoms with Crippen molar-refractivity contribution >= 4 is 51.7 Å². The summed E-state index contributed by atoms with van der Waals surface area (Å²) in [6.45, 7) is 1.26. The Morgan fingerprint density at radius 3 is 2.58 bits per heavy atom. The number of carbonyl (C=O) groups is 3. The molecule has 0 aliphatic heterocycles. The van der Waals surface area contributed by atoms with Crippen molar-refractivity contribution in [1.29, 1.82) is 0 Å². The third-order valence-electron chi connectivity index (χ3n) is 3.77. The zero-order valence-electron chi connectivity index (χ0n) is 16.4. The van der Waals surface area contributed by atoms with Gasteiger partial charge in [-0.15, -0.1) is 23.1 Å². The van der Waals surface area contributed by atoms with Crippen LogP contribution in [-0.4, -0.2) is 28.5 Å². The van der Waals surface area contributed by atoms with Gasteiger partial charge in [0.05, 0.1) is 17.0 Å². The van der Waals surface area contributed by atoms with E-state index in [4.69, 9.17) is 4.74 Å². The summed E-state index contributed by atoms with van der Waals surface area (Å²) in [5.74, 6) is -0.677. The fraction of sp³-hybridized carbons (Fsp3) is 0.143. The first-order valence-corrected chi connectivity index (χ1v) is 11.1. The molecule has 0 atom stereocenters. The van der Waals surface area contributed by atoms with Gasteiger partial charge in [-0.25, -0.2) is 9.37 Å². The van der Waals surface area contributed by atoms with Crippen LogP contribution in [0.3, 0.4) is 0 Å². The SMILES string of the molecule is CC(=O)Oc1ccccc1C(=O)Nc1nc(CSCC(=O)Nc2ccc(F)cc2)cs1. The zero-order valence-corrected chi connectivity index (χ0v) is 18.0. The number of benzene rings is 2. The maximum atomic E-state index is 12.9. The summed E-state index contributed by atoms with van der Waals surface area (Å²) in [4.78, 5) is 40.0. The number of halogens is 1. The van der Waals surface area contributed by atoms with Crippen molar-refractivity contribution in [3.8, 4) is 5.75 Å². The molecule has 0 spiro atoms. The monoisotopic (exact) mass is 459 g/mol. The number of thioether (sulfide) groups is 1. The van der Waals surface area contributed by atoms with Gasteiger partial charge in [0.15, 0.2) is 5.13 Å². The molecule has 0 aliphatic carbocycles.